The molecular formula is C20H26N2O. The molecule has 0 bridgehead atoms. The minimum Gasteiger partial charge on any atom is -0.325 e. The van der Waals surface area contributed by atoms with E-state index in [4.69, 9.17) is 0 Å². The van der Waals surface area contributed by atoms with Crippen LogP contribution >= 0.6 is 0 Å². The first-order valence-corrected chi connectivity index (χ1v) is 8.02. The number of carbonyl (C=O) groups is 1. The molecule has 2 aromatic rings. The summed E-state index contributed by atoms with van der Waals surface area (Å²) < 4.78 is 0. The first kappa shape index (κ1) is 17.2. The van der Waals surface area contributed by atoms with Gasteiger partial charge in [-0.25, -0.2) is 0 Å². The topological polar surface area (TPSA) is 41.1 Å². The van der Waals surface area contributed by atoms with E-state index in [0.29, 0.717) is 13.1 Å². The van der Waals surface area contributed by atoms with Gasteiger partial charge in [-0.15, -0.1) is 0 Å². The molecular weight excluding hydrogens is 284 g/mol. The van der Waals surface area contributed by atoms with Crippen molar-refractivity contribution in [1.82, 2.24) is 5.32 Å². The van der Waals surface area contributed by atoms with Gasteiger partial charge in [-0.1, -0.05) is 57.2 Å². The van der Waals surface area contributed by atoms with Crippen molar-refractivity contribution < 1.29 is 4.79 Å². The molecule has 0 atom stereocenters. The van der Waals surface area contributed by atoms with Crippen LogP contribution in [0.3, 0.4) is 0 Å². The van der Waals surface area contributed by atoms with E-state index in [9.17, 15) is 4.79 Å². The number of carbonyl (C=O) groups excluding carboxylic acids is 1. The standard InChI is InChI=1S/C20H26N2O/c1-15-7-5-6-8-16(15)13-21-14-19(23)22-18-11-9-17(10-12-18)20(2,3)4/h5-12,21H,13-14H2,1-4H3,(H,22,23). The molecule has 0 saturated carbocycles. The van der Waals surface area contributed by atoms with Crippen molar-refractivity contribution in [3.05, 3.63) is 65.2 Å². The Kier molecular flexibility index (Phi) is 5.56. The Labute approximate surface area is 139 Å². The molecule has 0 aliphatic rings. The Balaban J connectivity index is 1.82. The van der Waals surface area contributed by atoms with Crippen molar-refractivity contribution in [2.45, 2.75) is 39.7 Å². The van der Waals surface area contributed by atoms with Crippen LogP contribution in [0.1, 0.15) is 37.5 Å². The Hall–Kier alpha value is -2.13. The zero-order valence-electron chi connectivity index (χ0n) is 14.4. The minimum atomic E-state index is -0.0258. The molecule has 0 aliphatic heterocycles. The minimum absolute atomic E-state index is 0.0258. The summed E-state index contributed by atoms with van der Waals surface area (Å²) in [4.78, 5) is 12.0. The van der Waals surface area contributed by atoms with Crippen LogP contribution in [0.25, 0.3) is 0 Å². The van der Waals surface area contributed by atoms with E-state index >= 15 is 0 Å². The summed E-state index contributed by atoms with van der Waals surface area (Å²) in [6, 6.07) is 16.2. The molecule has 23 heavy (non-hydrogen) atoms. The van der Waals surface area contributed by atoms with Crippen LogP contribution in [-0.4, -0.2) is 12.5 Å². The van der Waals surface area contributed by atoms with Crippen molar-refractivity contribution in [2.24, 2.45) is 0 Å². The summed E-state index contributed by atoms with van der Waals surface area (Å²) >= 11 is 0. The van der Waals surface area contributed by atoms with Crippen molar-refractivity contribution in [1.29, 1.82) is 0 Å². The van der Waals surface area contributed by atoms with Gasteiger partial charge in [0.1, 0.15) is 0 Å². The second-order valence-electron chi connectivity index (χ2n) is 6.91. The van der Waals surface area contributed by atoms with E-state index in [2.05, 4.69) is 62.6 Å². The van der Waals surface area contributed by atoms with Crippen LogP contribution in [0.15, 0.2) is 48.5 Å². The molecule has 1 amide bonds. The Morgan fingerprint density at radius 3 is 2.26 bits per heavy atom. The van der Waals surface area contributed by atoms with E-state index in [1.165, 1.54) is 16.7 Å². The zero-order valence-corrected chi connectivity index (χ0v) is 14.4. The van der Waals surface area contributed by atoms with Crippen molar-refractivity contribution in [2.75, 3.05) is 11.9 Å². The normalized spacial score (nSPS) is 11.3. The fraction of sp³-hybridized carbons (Fsp3) is 0.350. The van der Waals surface area contributed by atoms with Gasteiger partial charge in [-0.2, -0.15) is 0 Å². The summed E-state index contributed by atoms with van der Waals surface area (Å²) in [6.45, 7) is 9.61. The monoisotopic (exact) mass is 310 g/mol. The third-order valence-electron chi connectivity index (χ3n) is 3.90. The highest BCUT2D eigenvalue weighted by molar-refractivity contribution is 5.92. The number of hydrogen-bond acceptors (Lipinski definition) is 2. The maximum Gasteiger partial charge on any atom is 0.238 e. The lowest BCUT2D eigenvalue weighted by molar-refractivity contribution is -0.115. The number of aryl methyl sites for hydroxylation is 1. The summed E-state index contributed by atoms with van der Waals surface area (Å²) in [6.07, 6.45) is 0. The highest BCUT2D eigenvalue weighted by Crippen LogP contribution is 2.23. The number of rotatable bonds is 5. The van der Waals surface area contributed by atoms with Crippen LogP contribution in [0.2, 0.25) is 0 Å². The summed E-state index contributed by atoms with van der Waals surface area (Å²) in [7, 11) is 0. The molecule has 2 N–H and O–H groups in total. The van der Waals surface area contributed by atoms with Crippen molar-refractivity contribution in [3.63, 3.8) is 0 Å². The Morgan fingerprint density at radius 1 is 1.00 bits per heavy atom. The lowest BCUT2D eigenvalue weighted by atomic mass is 9.87. The molecule has 3 nitrogen and oxygen atoms in total. The highest BCUT2D eigenvalue weighted by Gasteiger charge is 2.13. The average molecular weight is 310 g/mol. The molecule has 3 heteroatoms. The van der Waals surface area contributed by atoms with Crippen LogP contribution in [0, 0.1) is 6.92 Å². The molecule has 0 saturated heterocycles. The van der Waals surface area contributed by atoms with Crippen LogP contribution in [0.5, 0.6) is 0 Å². The van der Waals surface area contributed by atoms with Gasteiger partial charge in [0.05, 0.1) is 6.54 Å². The first-order chi connectivity index (χ1) is 10.9. The van der Waals surface area contributed by atoms with Crippen LogP contribution in [0.4, 0.5) is 5.69 Å². The third-order valence-corrected chi connectivity index (χ3v) is 3.90. The fourth-order valence-electron chi connectivity index (χ4n) is 2.38. The van der Waals surface area contributed by atoms with Gasteiger partial charge in [-0.3, -0.25) is 4.79 Å². The third kappa shape index (κ3) is 5.22. The molecule has 0 aliphatic carbocycles. The second-order valence-corrected chi connectivity index (χ2v) is 6.91. The number of benzene rings is 2. The maximum absolute atomic E-state index is 12.0. The molecule has 2 rings (SSSR count). The predicted molar refractivity (Wildman–Crippen MR) is 96.7 cm³/mol. The van der Waals surface area contributed by atoms with Gasteiger partial charge < -0.3 is 10.6 Å². The maximum atomic E-state index is 12.0. The van der Waals surface area contributed by atoms with Gasteiger partial charge in [0.2, 0.25) is 5.91 Å². The Bertz CT molecular complexity index is 654. The number of amides is 1. The SMILES string of the molecule is Cc1ccccc1CNCC(=O)Nc1ccc(C(C)(C)C)cc1. The molecule has 0 aromatic heterocycles. The van der Waals surface area contributed by atoms with E-state index < -0.39 is 0 Å². The second kappa shape index (κ2) is 7.42. The van der Waals surface area contributed by atoms with Gasteiger partial charge in [0, 0.05) is 12.2 Å². The molecule has 0 spiro atoms. The molecule has 0 heterocycles. The van der Waals surface area contributed by atoms with Gasteiger partial charge in [-0.05, 0) is 41.2 Å². The van der Waals surface area contributed by atoms with E-state index in [1.54, 1.807) is 0 Å². The molecule has 122 valence electrons. The molecule has 0 unspecified atom stereocenters. The lowest BCUT2D eigenvalue weighted by Gasteiger charge is -2.19. The summed E-state index contributed by atoms with van der Waals surface area (Å²) in [5, 5.41) is 6.11. The fourth-order valence-corrected chi connectivity index (χ4v) is 2.38. The predicted octanol–water partition coefficient (Wildman–Crippen LogP) is 4.02. The van der Waals surface area contributed by atoms with Crippen molar-refractivity contribution >= 4 is 11.6 Å². The van der Waals surface area contributed by atoms with Crippen LogP contribution in [-0.2, 0) is 16.8 Å². The first-order valence-electron chi connectivity index (χ1n) is 8.02. The molecule has 0 fully saturated rings. The number of anilines is 1. The quantitative estimate of drug-likeness (QED) is 0.875. The summed E-state index contributed by atoms with van der Waals surface area (Å²) in [5.74, 6) is -0.0258. The van der Waals surface area contributed by atoms with Crippen molar-refractivity contribution in [3.8, 4) is 0 Å². The van der Waals surface area contributed by atoms with Gasteiger partial charge in [0.25, 0.3) is 0 Å². The van der Waals surface area contributed by atoms with Gasteiger partial charge in [0.15, 0.2) is 0 Å². The lowest BCUT2D eigenvalue weighted by Crippen LogP contribution is -2.28. The van der Waals surface area contributed by atoms with E-state index in [0.717, 1.165) is 5.69 Å². The summed E-state index contributed by atoms with van der Waals surface area (Å²) in [5.41, 5.74) is 4.67. The number of hydrogen-bond donors (Lipinski definition) is 2. The zero-order chi connectivity index (χ0) is 16.9. The van der Waals surface area contributed by atoms with Crippen LogP contribution < -0.4 is 10.6 Å². The van der Waals surface area contributed by atoms with Gasteiger partial charge >= 0.3 is 0 Å². The average Bonchev–Trinajstić information content (AvgIpc) is 2.49. The highest BCUT2D eigenvalue weighted by atomic mass is 16.1. The largest absolute Gasteiger partial charge is 0.325 e. The van der Waals surface area contributed by atoms with E-state index in [1.807, 2.05) is 24.3 Å². The molecule has 2 aromatic carbocycles. The number of nitrogens with one attached hydrogen (secondary N) is 2. The molecule has 0 radical (unpaired) electrons. The van der Waals surface area contributed by atoms with E-state index in [-0.39, 0.29) is 11.3 Å². The smallest absolute Gasteiger partial charge is 0.238 e. The Morgan fingerprint density at radius 2 is 1.65 bits per heavy atom.